The van der Waals surface area contributed by atoms with Gasteiger partial charge in [0.25, 0.3) is 0 Å². The lowest BCUT2D eigenvalue weighted by Gasteiger charge is -2.07. The van der Waals surface area contributed by atoms with E-state index >= 15 is 0 Å². The summed E-state index contributed by atoms with van der Waals surface area (Å²) >= 11 is 0. The van der Waals surface area contributed by atoms with Gasteiger partial charge in [0.1, 0.15) is 29.8 Å². The van der Waals surface area contributed by atoms with Crippen LogP contribution >= 0.6 is 0 Å². The largest absolute Gasteiger partial charge is 0.507 e. The molecule has 2 N–H and O–H groups in total. The monoisotopic (exact) mass is 250 g/mol. The molecule has 0 unspecified atom stereocenters. The zero-order valence-corrected chi connectivity index (χ0v) is 9.47. The first-order valence-corrected chi connectivity index (χ1v) is 5.05. The highest BCUT2D eigenvalue weighted by molar-refractivity contribution is 6.09. The van der Waals surface area contributed by atoms with Crippen LogP contribution in [0.4, 0.5) is 0 Å². The van der Waals surface area contributed by atoms with E-state index in [1.165, 1.54) is 19.2 Å². The molecule has 0 radical (unpaired) electrons. The fourth-order valence-corrected chi connectivity index (χ4v) is 1.68. The molecule has 0 aliphatic carbocycles. The second-order valence-electron chi connectivity index (χ2n) is 3.59. The number of ketones is 1. The molecule has 0 aliphatic heterocycles. The van der Waals surface area contributed by atoms with Gasteiger partial charge < -0.3 is 19.4 Å². The molecular formula is C12H10O6. The summed E-state index contributed by atoms with van der Waals surface area (Å²) in [6.45, 7) is -0.721. The van der Waals surface area contributed by atoms with Crippen molar-refractivity contribution in [1.29, 1.82) is 0 Å². The van der Waals surface area contributed by atoms with Crippen molar-refractivity contribution in [2.24, 2.45) is 0 Å². The van der Waals surface area contributed by atoms with Crippen LogP contribution in [0.1, 0.15) is 10.4 Å². The van der Waals surface area contributed by atoms with Gasteiger partial charge in [0, 0.05) is 11.5 Å². The molecule has 0 aliphatic rings. The summed E-state index contributed by atoms with van der Waals surface area (Å²) in [4.78, 5) is 23.0. The van der Waals surface area contributed by atoms with Crippen LogP contribution in [0.5, 0.6) is 11.5 Å². The lowest BCUT2D eigenvalue weighted by atomic mass is 10.0. The quantitative estimate of drug-likeness (QED) is 0.777. The average molecular weight is 250 g/mol. The number of carbonyl (C=O) groups is 1. The van der Waals surface area contributed by atoms with Gasteiger partial charge in [0.2, 0.25) is 0 Å². The number of hydrogen-bond acceptors (Lipinski definition) is 6. The highest BCUT2D eigenvalue weighted by atomic mass is 16.5. The molecule has 2 rings (SSSR count). The number of benzene rings is 1. The fraction of sp³-hybridized carbons (Fsp3) is 0.167. The zero-order valence-electron chi connectivity index (χ0n) is 9.47. The maximum atomic E-state index is 11.5. The Morgan fingerprint density at radius 3 is 2.78 bits per heavy atom. The van der Waals surface area contributed by atoms with Crippen molar-refractivity contribution >= 4 is 16.6 Å². The number of rotatable bonds is 3. The second-order valence-corrected chi connectivity index (χ2v) is 3.59. The number of aliphatic hydroxyl groups excluding tert-OH is 1. The van der Waals surface area contributed by atoms with Gasteiger partial charge in [-0.25, -0.2) is 4.79 Å². The third-order valence-electron chi connectivity index (χ3n) is 2.55. The van der Waals surface area contributed by atoms with Crippen LogP contribution in [-0.2, 0) is 0 Å². The summed E-state index contributed by atoms with van der Waals surface area (Å²) in [5.74, 6) is -0.667. The Bertz CT molecular complexity index is 670. The molecule has 0 saturated heterocycles. The van der Waals surface area contributed by atoms with Crippen LogP contribution in [0.2, 0.25) is 0 Å². The smallest absolute Gasteiger partial charge is 0.347 e. The van der Waals surface area contributed by atoms with Gasteiger partial charge in [0.15, 0.2) is 5.78 Å². The first kappa shape index (κ1) is 12.1. The van der Waals surface area contributed by atoms with E-state index in [2.05, 4.69) is 4.42 Å². The predicted molar refractivity (Wildman–Crippen MR) is 62.1 cm³/mol. The van der Waals surface area contributed by atoms with E-state index in [1.54, 1.807) is 0 Å². The van der Waals surface area contributed by atoms with E-state index in [0.717, 1.165) is 6.26 Å². The minimum atomic E-state index is -0.764. The van der Waals surface area contributed by atoms with Crippen LogP contribution in [0.3, 0.4) is 0 Å². The standard InChI is InChI=1S/C12H10O6/c1-17-6-2-7-8(10(15)4-13)5-18-12(16)11(7)9(14)3-6/h2-3,5,13-14H,4H2,1H3. The highest BCUT2D eigenvalue weighted by Crippen LogP contribution is 2.30. The normalized spacial score (nSPS) is 10.6. The number of ether oxygens (including phenoxy) is 1. The number of methoxy groups -OCH3 is 1. The van der Waals surface area contributed by atoms with E-state index in [9.17, 15) is 14.7 Å². The van der Waals surface area contributed by atoms with E-state index < -0.39 is 18.0 Å². The molecule has 0 amide bonds. The molecule has 0 saturated carbocycles. The summed E-state index contributed by atoms with van der Waals surface area (Å²) in [6, 6.07) is 2.67. The number of fused-ring (bicyclic) bond motifs is 1. The summed E-state index contributed by atoms with van der Waals surface area (Å²) in [5, 5.41) is 18.6. The lowest BCUT2D eigenvalue weighted by Crippen LogP contribution is -2.09. The fourth-order valence-electron chi connectivity index (χ4n) is 1.68. The molecule has 6 heteroatoms. The van der Waals surface area contributed by atoms with E-state index in [0.29, 0.717) is 0 Å². The molecule has 0 fully saturated rings. The number of carbonyl (C=O) groups excluding carboxylic acids is 1. The van der Waals surface area contributed by atoms with E-state index in [1.807, 2.05) is 0 Å². The molecule has 1 aromatic carbocycles. The van der Waals surface area contributed by atoms with Crippen molar-refractivity contribution in [3.05, 3.63) is 34.4 Å². The van der Waals surface area contributed by atoms with Gasteiger partial charge in [-0.1, -0.05) is 0 Å². The predicted octanol–water partition coefficient (Wildman–Crippen LogP) is 0.682. The molecule has 1 heterocycles. The van der Waals surface area contributed by atoms with Gasteiger partial charge in [-0.15, -0.1) is 0 Å². The Balaban J connectivity index is 2.90. The summed E-state index contributed by atoms with van der Waals surface area (Å²) in [7, 11) is 1.39. The third kappa shape index (κ3) is 1.82. The topological polar surface area (TPSA) is 97.0 Å². The van der Waals surface area contributed by atoms with Gasteiger partial charge in [-0.05, 0) is 6.07 Å². The Labute approximate surface area is 101 Å². The zero-order chi connectivity index (χ0) is 13.3. The second kappa shape index (κ2) is 4.50. The maximum Gasteiger partial charge on any atom is 0.347 e. The van der Waals surface area contributed by atoms with Crippen molar-refractivity contribution < 1.29 is 24.2 Å². The van der Waals surface area contributed by atoms with Crippen molar-refractivity contribution in [2.45, 2.75) is 0 Å². The number of aromatic hydroxyl groups is 1. The molecule has 0 spiro atoms. The van der Waals surface area contributed by atoms with Crippen LogP contribution in [-0.4, -0.2) is 29.7 Å². The van der Waals surface area contributed by atoms with Crippen molar-refractivity contribution in [3.63, 3.8) is 0 Å². The van der Waals surface area contributed by atoms with Gasteiger partial charge >= 0.3 is 5.63 Å². The summed E-state index contributed by atoms with van der Waals surface area (Å²) in [6.07, 6.45) is 0.960. The Kier molecular flexibility index (Phi) is 3.03. The van der Waals surface area contributed by atoms with Crippen molar-refractivity contribution in [1.82, 2.24) is 0 Å². The Morgan fingerprint density at radius 1 is 1.44 bits per heavy atom. The van der Waals surface area contributed by atoms with Crippen LogP contribution in [0.25, 0.3) is 10.8 Å². The Morgan fingerprint density at radius 2 is 2.17 bits per heavy atom. The first-order chi connectivity index (χ1) is 8.58. The van der Waals surface area contributed by atoms with Crippen molar-refractivity contribution in [3.8, 4) is 11.5 Å². The SMILES string of the molecule is COc1cc(O)c2c(=O)occ(C(=O)CO)c2c1. The molecule has 2 aromatic rings. The number of hydrogen-bond donors (Lipinski definition) is 2. The molecule has 6 nitrogen and oxygen atoms in total. The summed E-state index contributed by atoms with van der Waals surface area (Å²) < 4.78 is 9.61. The van der Waals surface area contributed by atoms with Gasteiger partial charge in [-0.2, -0.15) is 0 Å². The summed E-state index contributed by atoms with van der Waals surface area (Å²) in [5.41, 5.74) is -0.749. The maximum absolute atomic E-state index is 11.5. The van der Waals surface area contributed by atoms with Gasteiger partial charge in [0.05, 0.1) is 12.7 Å². The van der Waals surface area contributed by atoms with Gasteiger partial charge in [-0.3, -0.25) is 4.79 Å². The number of phenols is 1. The third-order valence-corrected chi connectivity index (χ3v) is 2.55. The molecule has 0 bridgehead atoms. The first-order valence-electron chi connectivity index (χ1n) is 5.05. The average Bonchev–Trinajstić information content (AvgIpc) is 2.37. The number of Topliss-reactive ketones (excluding diaryl/α,β-unsaturated/α-hetero) is 1. The lowest BCUT2D eigenvalue weighted by molar-refractivity contribution is 0.0903. The number of aliphatic hydroxyl groups is 1. The van der Waals surface area contributed by atoms with Crippen molar-refractivity contribution in [2.75, 3.05) is 13.7 Å². The minimum Gasteiger partial charge on any atom is -0.507 e. The molecule has 94 valence electrons. The minimum absolute atomic E-state index is 0.0151. The highest BCUT2D eigenvalue weighted by Gasteiger charge is 2.16. The van der Waals surface area contributed by atoms with E-state index in [-0.39, 0.29) is 27.8 Å². The van der Waals surface area contributed by atoms with E-state index in [4.69, 9.17) is 9.84 Å². The van der Waals surface area contributed by atoms with Crippen LogP contribution < -0.4 is 10.4 Å². The molecule has 0 atom stereocenters. The van der Waals surface area contributed by atoms with Crippen LogP contribution in [0.15, 0.2) is 27.6 Å². The van der Waals surface area contributed by atoms with Crippen LogP contribution in [0, 0.1) is 0 Å². The number of phenolic OH excluding ortho intramolecular Hbond substituents is 1. The molecular weight excluding hydrogens is 240 g/mol. The Hall–Kier alpha value is -2.34. The molecule has 18 heavy (non-hydrogen) atoms. The molecule has 1 aromatic heterocycles.